The van der Waals surface area contributed by atoms with E-state index in [0.717, 1.165) is 24.2 Å². The van der Waals surface area contributed by atoms with Crippen molar-refractivity contribution in [3.8, 4) is 0 Å². The normalized spacial score (nSPS) is 39.1. The van der Waals surface area contributed by atoms with Crippen LogP contribution in [0.3, 0.4) is 0 Å². The van der Waals surface area contributed by atoms with E-state index in [1.807, 2.05) is 0 Å². The van der Waals surface area contributed by atoms with E-state index in [1.165, 1.54) is 25.7 Å². The van der Waals surface area contributed by atoms with Crippen LogP contribution < -0.4 is 0 Å². The number of hydrogen-bond acceptors (Lipinski definition) is 5. The van der Waals surface area contributed by atoms with E-state index in [0.29, 0.717) is 5.92 Å². The number of rotatable bonds is 4. The minimum atomic E-state index is -0.791. The summed E-state index contributed by atoms with van der Waals surface area (Å²) in [5.74, 6) is 1.59. The number of carbonyl (C=O) groups excluding carboxylic acids is 2. The molecule has 3 saturated carbocycles. The molecule has 0 aromatic rings. The molecule has 0 aromatic heterocycles. The third-order valence-electron chi connectivity index (χ3n) is 5.13. The van der Waals surface area contributed by atoms with Crippen LogP contribution in [0, 0.1) is 23.7 Å². The van der Waals surface area contributed by atoms with Crippen LogP contribution in [-0.2, 0) is 19.1 Å². The van der Waals surface area contributed by atoms with E-state index in [9.17, 15) is 9.59 Å². The second-order valence-electron chi connectivity index (χ2n) is 6.00. The van der Waals surface area contributed by atoms with E-state index in [1.54, 1.807) is 0 Å². The molecule has 5 unspecified atom stereocenters. The molecule has 0 aromatic carbocycles. The van der Waals surface area contributed by atoms with Crippen LogP contribution in [0.15, 0.2) is 0 Å². The molecular formula is C14H20O5. The van der Waals surface area contributed by atoms with Gasteiger partial charge in [-0.25, -0.2) is 9.59 Å². The standard InChI is InChI=1S/C14H20O5/c15-6-12(16)18-7-13(17)19-11-4-3-10-8-1-2-9(5-8)14(10)11/h8-11,14-15H,1-7H2. The summed E-state index contributed by atoms with van der Waals surface area (Å²) in [6, 6.07) is 0. The predicted molar refractivity (Wildman–Crippen MR) is 65.0 cm³/mol. The maximum atomic E-state index is 11.6. The predicted octanol–water partition coefficient (Wildman–Crippen LogP) is 0.890. The van der Waals surface area contributed by atoms with Gasteiger partial charge in [0.25, 0.3) is 0 Å². The number of fused-ring (bicyclic) bond motifs is 5. The van der Waals surface area contributed by atoms with Crippen molar-refractivity contribution in [3.63, 3.8) is 0 Å². The number of carbonyl (C=O) groups is 2. The van der Waals surface area contributed by atoms with Gasteiger partial charge in [-0.3, -0.25) is 0 Å². The average molecular weight is 268 g/mol. The van der Waals surface area contributed by atoms with Gasteiger partial charge in [-0.2, -0.15) is 0 Å². The third kappa shape index (κ3) is 2.36. The van der Waals surface area contributed by atoms with Crippen molar-refractivity contribution in [2.24, 2.45) is 23.7 Å². The quantitative estimate of drug-likeness (QED) is 0.767. The largest absolute Gasteiger partial charge is 0.460 e. The summed E-state index contributed by atoms with van der Waals surface area (Å²) >= 11 is 0. The summed E-state index contributed by atoms with van der Waals surface area (Å²) in [6.07, 6.45) is 6.06. The van der Waals surface area contributed by atoms with Crippen molar-refractivity contribution in [2.75, 3.05) is 13.2 Å². The van der Waals surface area contributed by atoms with Crippen molar-refractivity contribution in [1.82, 2.24) is 0 Å². The molecule has 0 aliphatic heterocycles. The summed E-state index contributed by atoms with van der Waals surface area (Å²) in [6.45, 7) is -1.09. The van der Waals surface area contributed by atoms with Crippen molar-refractivity contribution >= 4 is 11.9 Å². The van der Waals surface area contributed by atoms with Crippen LogP contribution in [0.2, 0.25) is 0 Å². The zero-order valence-electron chi connectivity index (χ0n) is 10.9. The zero-order chi connectivity index (χ0) is 13.4. The molecule has 0 amide bonds. The molecule has 2 bridgehead atoms. The lowest BCUT2D eigenvalue weighted by atomic mass is 9.81. The number of aliphatic hydroxyl groups excluding tert-OH is 1. The molecule has 3 rings (SSSR count). The summed E-state index contributed by atoms with van der Waals surface area (Å²) < 4.78 is 10.0. The Balaban J connectivity index is 1.51. The zero-order valence-corrected chi connectivity index (χ0v) is 10.9. The van der Waals surface area contributed by atoms with Gasteiger partial charge < -0.3 is 14.6 Å². The second kappa shape index (κ2) is 5.12. The van der Waals surface area contributed by atoms with E-state index in [-0.39, 0.29) is 12.7 Å². The topological polar surface area (TPSA) is 72.8 Å². The second-order valence-corrected chi connectivity index (χ2v) is 6.00. The average Bonchev–Trinajstić information content (AvgIpc) is 3.09. The van der Waals surface area contributed by atoms with Gasteiger partial charge in [-0.05, 0) is 49.9 Å². The first-order valence-corrected chi connectivity index (χ1v) is 7.15. The maximum absolute atomic E-state index is 11.6. The van der Waals surface area contributed by atoms with Gasteiger partial charge in [0.05, 0.1) is 0 Å². The molecule has 3 fully saturated rings. The fraction of sp³-hybridized carbons (Fsp3) is 0.857. The van der Waals surface area contributed by atoms with E-state index >= 15 is 0 Å². The van der Waals surface area contributed by atoms with Crippen molar-refractivity contribution in [1.29, 1.82) is 0 Å². The Kier molecular flexibility index (Phi) is 3.48. The van der Waals surface area contributed by atoms with Crippen LogP contribution in [-0.4, -0.2) is 36.4 Å². The van der Waals surface area contributed by atoms with Crippen molar-refractivity contribution in [3.05, 3.63) is 0 Å². The molecule has 1 N–H and O–H groups in total. The van der Waals surface area contributed by atoms with Crippen LogP contribution >= 0.6 is 0 Å². The SMILES string of the molecule is O=C(CO)OCC(=O)OC1CCC2C3CCC(C3)C12. The first-order chi connectivity index (χ1) is 9.19. The summed E-state index contributed by atoms with van der Waals surface area (Å²) in [5, 5.41) is 8.50. The minimum absolute atomic E-state index is 0.0145. The van der Waals surface area contributed by atoms with Gasteiger partial charge >= 0.3 is 11.9 Å². The summed E-state index contributed by atoms with van der Waals surface area (Å²) in [4.78, 5) is 22.4. The van der Waals surface area contributed by atoms with Crippen LogP contribution in [0.25, 0.3) is 0 Å². The molecule has 3 aliphatic rings. The molecule has 0 spiro atoms. The van der Waals surface area contributed by atoms with Crippen LogP contribution in [0.4, 0.5) is 0 Å². The Morgan fingerprint density at radius 1 is 1.05 bits per heavy atom. The molecule has 0 heterocycles. The smallest absolute Gasteiger partial charge is 0.344 e. The van der Waals surface area contributed by atoms with E-state index < -0.39 is 18.5 Å². The maximum Gasteiger partial charge on any atom is 0.344 e. The molecule has 0 saturated heterocycles. The Morgan fingerprint density at radius 2 is 1.84 bits per heavy atom. The number of ether oxygens (including phenoxy) is 2. The van der Waals surface area contributed by atoms with Gasteiger partial charge in [-0.15, -0.1) is 0 Å². The Bertz CT molecular complexity index is 380. The molecule has 5 heteroatoms. The minimum Gasteiger partial charge on any atom is -0.460 e. The van der Waals surface area contributed by atoms with Gasteiger partial charge in [0.15, 0.2) is 6.61 Å². The number of aliphatic hydroxyl groups is 1. The first kappa shape index (κ1) is 12.9. The summed E-state index contributed by atoms with van der Waals surface area (Å²) in [5.41, 5.74) is 0. The fourth-order valence-electron chi connectivity index (χ4n) is 4.54. The third-order valence-corrected chi connectivity index (χ3v) is 5.13. The van der Waals surface area contributed by atoms with Crippen molar-refractivity contribution < 1.29 is 24.2 Å². The van der Waals surface area contributed by atoms with Gasteiger partial charge in [0, 0.05) is 5.92 Å². The van der Waals surface area contributed by atoms with E-state index in [4.69, 9.17) is 9.84 Å². The lowest BCUT2D eigenvalue weighted by molar-refractivity contribution is -0.165. The highest BCUT2D eigenvalue weighted by molar-refractivity contribution is 5.76. The molecule has 0 radical (unpaired) electrons. The molecule has 5 atom stereocenters. The van der Waals surface area contributed by atoms with E-state index in [2.05, 4.69) is 4.74 Å². The summed E-state index contributed by atoms with van der Waals surface area (Å²) in [7, 11) is 0. The van der Waals surface area contributed by atoms with Gasteiger partial charge in [0.2, 0.25) is 0 Å². The molecular weight excluding hydrogens is 248 g/mol. The lowest BCUT2D eigenvalue weighted by Gasteiger charge is -2.28. The number of esters is 2. The monoisotopic (exact) mass is 268 g/mol. The molecule has 3 aliphatic carbocycles. The van der Waals surface area contributed by atoms with Crippen LogP contribution in [0.1, 0.15) is 32.1 Å². The lowest BCUT2D eigenvalue weighted by Crippen LogP contribution is -2.31. The molecule has 5 nitrogen and oxygen atoms in total. The highest BCUT2D eigenvalue weighted by atomic mass is 16.6. The molecule has 106 valence electrons. The Morgan fingerprint density at radius 3 is 2.63 bits per heavy atom. The Labute approximate surface area is 112 Å². The molecule has 19 heavy (non-hydrogen) atoms. The van der Waals surface area contributed by atoms with Crippen LogP contribution in [0.5, 0.6) is 0 Å². The Hall–Kier alpha value is -1.10. The van der Waals surface area contributed by atoms with Gasteiger partial charge in [-0.1, -0.05) is 0 Å². The first-order valence-electron chi connectivity index (χ1n) is 7.15. The van der Waals surface area contributed by atoms with Gasteiger partial charge in [0.1, 0.15) is 12.7 Å². The highest BCUT2D eigenvalue weighted by Crippen LogP contribution is 2.59. The van der Waals surface area contributed by atoms with Crippen molar-refractivity contribution in [2.45, 2.75) is 38.2 Å². The highest BCUT2D eigenvalue weighted by Gasteiger charge is 2.54. The number of hydrogen-bond donors (Lipinski definition) is 1. The fourth-order valence-corrected chi connectivity index (χ4v) is 4.54.